The van der Waals surface area contributed by atoms with Crippen molar-refractivity contribution in [1.29, 1.82) is 0 Å². The summed E-state index contributed by atoms with van der Waals surface area (Å²) >= 11 is 0. The van der Waals surface area contributed by atoms with Crippen molar-refractivity contribution in [2.24, 2.45) is 5.92 Å². The Hall–Kier alpha value is -1.55. The molecule has 0 aromatic carbocycles. The molecular formula is C14H19N3O. The zero-order chi connectivity index (χ0) is 12.4. The topological polar surface area (TPSA) is 41.3 Å². The third-order valence-electron chi connectivity index (χ3n) is 3.67. The number of rotatable bonds is 3. The van der Waals surface area contributed by atoms with Crippen LogP contribution in [0.15, 0.2) is 29.0 Å². The Morgan fingerprint density at radius 3 is 3.33 bits per heavy atom. The number of piperidine rings is 1. The lowest BCUT2D eigenvalue weighted by Crippen LogP contribution is -2.39. The van der Waals surface area contributed by atoms with Crippen molar-refractivity contribution in [1.82, 2.24) is 10.3 Å². The van der Waals surface area contributed by atoms with Gasteiger partial charge in [-0.2, -0.15) is 0 Å². The van der Waals surface area contributed by atoms with Gasteiger partial charge in [0.05, 0.1) is 11.6 Å². The molecule has 0 bridgehead atoms. The van der Waals surface area contributed by atoms with E-state index in [1.165, 1.54) is 12.8 Å². The molecule has 1 aliphatic rings. The zero-order valence-electron chi connectivity index (χ0n) is 10.7. The smallest absolute Gasteiger partial charge is 0.139 e. The Bertz CT molecular complexity index is 520. The van der Waals surface area contributed by atoms with Crippen molar-refractivity contribution < 1.29 is 4.42 Å². The summed E-state index contributed by atoms with van der Waals surface area (Å²) in [5.74, 6) is 1.79. The summed E-state index contributed by atoms with van der Waals surface area (Å²) in [5.41, 5.74) is 0.927. The summed E-state index contributed by atoms with van der Waals surface area (Å²) in [6, 6.07) is 3.94. The van der Waals surface area contributed by atoms with E-state index in [0.29, 0.717) is 5.92 Å². The molecule has 0 spiro atoms. The minimum Gasteiger partial charge on any atom is -0.464 e. The van der Waals surface area contributed by atoms with Crippen LogP contribution in [0.1, 0.15) is 12.8 Å². The third kappa shape index (κ3) is 2.08. The van der Waals surface area contributed by atoms with Crippen LogP contribution in [0.2, 0.25) is 0 Å². The molecule has 0 saturated carbocycles. The Labute approximate surface area is 107 Å². The Balaban J connectivity index is 1.87. The van der Waals surface area contributed by atoms with Crippen LogP contribution in [0.3, 0.4) is 0 Å². The van der Waals surface area contributed by atoms with E-state index in [9.17, 15) is 0 Å². The Morgan fingerprint density at radius 1 is 1.50 bits per heavy atom. The molecule has 1 unspecified atom stereocenters. The highest BCUT2D eigenvalue weighted by molar-refractivity contribution is 5.88. The Morgan fingerprint density at radius 2 is 2.44 bits per heavy atom. The SMILES string of the molecule is CNCC1CCCN(c2nccc3occc23)C1. The number of furan rings is 1. The quantitative estimate of drug-likeness (QED) is 0.900. The van der Waals surface area contributed by atoms with Crippen molar-refractivity contribution in [3.05, 3.63) is 24.6 Å². The van der Waals surface area contributed by atoms with Gasteiger partial charge in [0.15, 0.2) is 0 Å². The van der Waals surface area contributed by atoms with Gasteiger partial charge in [-0.15, -0.1) is 0 Å². The van der Waals surface area contributed by atoms with Crippen LogP contribution in [0, 0.1) is 5.92 Å². The van der Waals surface area contributed by atoms with Gasteiger partial charge in [-0.25, -0.2) is 4.98 Å². The van der Waals surface area contributed by atoms with Crippen LogP contribution in [0.5, 0.6) is 0 Å². The fourth-order valence-corrected chi connectivity index (χ4v) is 2.84. The molecule has 4 nitrogen and oxygen atoms in total. The van der Waals surface area contributed by atoms with E-state index in [1.54, 1.807) is 6.26 Å². The molecular weight excluding hydrogens is 226 g/mol. The first-order valence-corrected chi connectivity index (χ1v) is 6.60. The molecule has 3 rings (SSSR count). The van der Waals surface area contributed by atoms with Crippen LogP contribution in [0.4, 0.5) is 5.82 Å². The Kier molecular flexibility index (Phi) is 3.19. The van der Waals surface area contributed by atoms with Crippen LogP contribution >= 0.6 is 0 Å². The average molecular weight is 245 g/mol. The first kappa shape index (κ1) is 11.5. The minimum atomic E-state index is 0.715. The zero-order valence-corrected chi connectivity index (χ0v) is 10.7. The molecule has 4 heteroatoms. The molecule has 18 heavy (non-hydrogen) atoms. The fourth-order valence-electron chi connectivity index (χ4n) is 2.84. The lowest BCUT2D eigenvalue weighted by molar-refractivity contribution is 0.402. The molecule has 1 atom stereocenters. The molecule has 0 aliphatic carbocycles. The van der Waals surface area contributed by atoms with Gasteiger partial charge < -0.3 is 14.6 Å². The standard InChI is InChI=1S/C14H19N3O/c1-15-9-11-3-2-7-17(10-11)14-12-5-8-18-13(12)4-6-16-14/h4-6,8,11,15H,2-3,7,9-10H2,1H3. The highest BCUT2D eigenvalue weighted by atomic mass is 16.3. The van der Waals surface area contributed by atoms with E-state index in [4.69, 9.17) is 4.42 Å². The fraction of sp³-hybridized carbons (Fsp3) is 0.500. The number of hydrogen-bond donors (Lipinski definition) is 1. The minimum absolute atomic E-state index is 0.715. The largest absolute Gasteiger partial charge is 0.464 e. The van der Waals surface area contributed by atoms with Crippen molar-refractivity contribution in [3.63, 3.8) is 0 Å². The first-order chi connectivity index (χ1) is 8.88. The van der Waals surface area contributed by atoms with Crippen molar-refractivity contribution >= 4 is 16.8 Å². The maximum atomic E-state index is 5.44. The van der Waals surface area contributed by atoms with E-state index in [1.807, 2.05) is 25.4 Å². The van der Waals surface area contributed by atoms with Crippen LogP contribution in [-0.4, -0.2) is 31.7 Å². The predicted octanol–water partition coefficient (Wildman–Crippen LogP) is 2.26. The summed E-state index contributed by atoms with van der Waals surface area (Å²) in [7, 11) is 2.02. The number of hydrogen-bond acceptors (Lipinski definition) is 4. The van der Waals surface area contributed by atoms with E-state index in [-0.39, 0.29) is 0 Å². The number of anilines is 1. The van der Waals surface area contributed by atoms with Crippen LogP contribution in [-0.2, 0) is 0 Å². The second-order valence-corrected chi connectivity index (χ2v) is 4.98. The first-order valence-electron chi connectivity index (χ1n) is 6.60. The lowest BCUT2D eigenvalue weighted by atomic mass is 9.98. The predicted molar refractivity (Wildman–Crippen MR) is 72.9 cm³/mol. The van der Waals surface area contributed by atoms with Gasteiger partial charge in [0.1, 0.15) is 11.4 Å². The number of aromatic nitrogens is 1. The normalized spacial score (nSPS) is 20.5. The van der Waals surface area contributed by atoms with E-state index in [2.05, 4.69) is 15.2 Å². The van der Waals surface area contributed by atoms with E-state index in [0.717, 1.165) is 36.4 Å². The summed E-state index contributed by atoms with van der Waals surface area (Å²) < 4.78 is 5.44. The number of fused-ring (bicyclic) bond motifs is 1. The molecule has 1 aliphatic heterocycles. The lowest BCUT2D eigenvalue weighted by Gasteiger charge is -2.33. The van der Waals surface area contributed by atoms with Gasteiger partial charge >= 0.3 is 0 Å². The molecule has 96 valence electrons. The molecule has 1 N–H and O–H groups in total. The molecule has 2 aromatic heterocycles. The average Bonchev–Trinajstić information content (AvgIpc) is 2.87. The second kappa shape index (κ2) is 4.98. The summed E-state index contributed by atoms with van der Waals surface area (Å²) in [4.78, 5) is 6.94. The summed E-state index contributed by atoms with van der Waals surface area (Å²) in [5, 5.41) is 4.40. The molecule has 0 amide bonds. The third-order valence-corrected chi connectivity index (χ3v) is 3.67. The molecule has 0 radical (unpaired) electrons. The summed E-state index contributed by atoms with van der Waals surface area (Å²) in [6.45, 7) is 3.26. The van der Waals surface area contributed by atoms with Crippen LogP contribution < -0.4 is 10.2 Å². The highest BCUT2D eigenvalue weighted by Crippen LogP contribution is 2.28. The van der Waals surface area contributed by atoms with Gasteiger partial charge in [0.25, 0.3) is 0 Å². The maximum Gasteiger partial charge on any atom is 0.139 e. The van der Waals surface area contributed by atoms with Gasteiger partial charge in [-0.3, -0.25) is 0 Å². The number of nitrogens with zero attached hydrogens (tertiary/aromatic N) is 2. The molecule has 1 saturated heterocycles. The van der Waals surface area contributed by atoms with Crippen molar-refractivity contribution in [3.8, 4) is 0 Å². The summed E-state index contributed by atoms with van der Waals surface area (Å²) in [6.07, 6.45) is 6.12. The van der Waals surface area contributed by atoms with Gasteiger partial charge in [0, 0.05) is 19.3 Å². The number of nitrogens with one attached hydrogen (secondary N) is 1. The van der Waals surface area contributed by atoms with Gasteiger partial charge in [0.2, 0.25) is 0 Å². The maximum absolute atomic E-state index is 5.44. The monoisotopic (exact) mass is 245 g/mol. The highest BCUT2D eigenvalue weighted by Gasteiger charge is 2.22. The van der Waals surface area contributed by atoms with Gasteiger partial charge in [-0.1, -0.05) is 0 Å². The van der Waals surface area contributed by atoms with E-state index >= 15 is 0 Å². The van der Waals surface area contributed by atoms with Gasteiger partial charge in [-0.05, 0) is 44.5 Å². The molecule has 2 aromatic rings. The van der Waals surface area contributed by atoms with E-state index < -0.39 is 0 Å². The molecule has 3 heterocycles. The second-order valence-electron chi connectivity index (χ2n) is 4.98. The van der Waals surface area contributed by atoms with Crippen molar-refractivity contribution in [2.45, 2.75) is 12.8 Å². The van der Waals surface area contributed by atoms with Crippen molar-refractivity contribution in [2.75, 3.05) is 31.6 Å². The number of pyridine rings is 1. The van der Waals surface area contributed by atoms with Crippen LogP contribution in [0.25, 0.3) is 11.0 Å². The molecule has 1 fully saturated rings.